The number of benzene rings is 1. The van der Waals surface area contributed by atoms with E-state index in [1.807, 2.05) is 0 Å². The molecule has 6 heteroatoms. The molecule has 0 atom stereocenters. The normalized spacial score (nSPS) is 10.1. The number of carboxylic acid groups (broad SMARTS) is 1. The van der Waals surface area contributed by atoms with E-state index in [1.165, 1.54) is 18.6 Å². The quantitative estimate of drug-likeness (QED) is 0.766. The van der Waals surface area contributed by atoms with Crippen LogP contribution in [0.1, 0.15) is 26.4 Å². The Labute approximate surface area is 103 Å². The van der Waals surface area contributed by atoms with Crippen LogP contribution in [0.2, 0.25) is 0 Å². The number of amides is 1. The number of aryl methyl sites for hydroxylation is 1. The molecule has 18 heavy (non-hydrogen) atoms. The van der Waals surface area contributed by atoms with Gasteiger partial charge >= 0.3 is 5.97 Å². The van der Waals surface area contributed by atoms with Gasteiger partial charge in [0.15, 0.2) is 0 Å². The number of nitrogens with zero attached hydrogens (tertiary/aromatic N) is 1. The highest BCUT2D eigenvalue weighted by atomic mass is 16.4. The number of rotatable bonds is 3. The second kappa shape index (κ2) is 4.70. The molecular formula is C12H11N3O3. The third-order valence-corrected chi connectivity index (χ3v) is 2.40. The maximum absolute atomic E-state index is 11.8. The first-order valence-electron chi connectivity index (χ1n) is 5.21. The molecule has 1 heterocycles. The van der Waals surface area contributed by atoms with Gasteiger partial charge in [0.2, 0.25) is 0 Å². The molecule has 2 aromatic rings. The van der Waals surface area contributed by atoms with Gasteiger partial charge in [0, 0.05) is 0 Å². The topological polar surface area (TPSA) is 95.1 Å². The second-order valence-corrected chi connectivity index (χ2v) is 3.77. The van der Waals surface area contributed by atoms with Crippen LogP contribution in [-0.4, -0.2) is 27.0 Å². The zero-order valence-corrected chi connectivity index (χ0v) is 9.60. The van der Waals surface area contributed by atoms with Gasteiger partial charge in [0.05, 0.1) is 23.8 Å². The molecule has 3 N–H and O–H groups in total. The largest absolute Gasteiger partial charge is 0.478 e. The highest BCUT2D eigenvalue weighted by Crippen LogP contribution is 2.18. The predicted octanol–water partition coefficient (Wildman–Crippen LogP) is 1.67. The van der Waals surface area contributed by atoms with E-state index in [0.29, 0.717) is 0 Å². The summed E-state index contributed by atoms with van der Waals surface area (Å²) in [6.45, 7) is 1.78. The molecule has 6 nitrogen and oxygen atoms in total. The van der Waals surface area contributed by atoms with Crippen LogP contribution in [0, 0.1) is 6.92 Å². The molecule has 0 saturated carbocycles. The van der Waals surface area contributed by atoms with Gasteiger partial charge in [-0.15, -0.1) is 0 Å². The first kappa shape index (κ1) is 11.8. The SMILES string of the molecule is Cc1ccc(NC(=O)c2cnc[nH]2)c(C(=O)O)c1. The van der Waals surface area contributed by atoms with Crippen LogP contribution in [0.15, 0.2) is 30.7 Å². The number of carbonyl (C=O) groups is 2. The molecular weight excluding hydrogens is 234 g/mol. The first-order chi connectivity index (χ1) is 8.58. The summed E-state index contributed by atoms with van der Waals surface area (Å²) in [5.74, 6) is -1.52. The molecule has 0 fully saturated rings. The molecule has 0 aliphatic heterocycles. The molecule has 0 unspecified atom stereocenters. The number of hydrogen-bond donors (Lipinski definition) is 3. The fourth-order valence-electron chi connectivity index (χ4n) is 1.51. The Balaban J connectivity index is 2.29. The second-order valence-electron chi connectivity index (χ2n) is 3.77. The van der Waals surface area contributed by atoms with Gasteiger partial charge in [0.1, 0.15) is 5.69 Å². The molecule has 0 aliphatic rings. The summed E-state index contributed by atoms with van der Waals surface area (Å²) in [6, 6.07) is 4.80. The maximum atomic E-state index is 11.8. The number of carboxylic acids is 1. The lowest BCUT2D eigenvalue weighted by atomic mass is 10.1. The highest BCUT2D eigenvalue weighted by molar-refractivity contribution is 6.06. The minimum Gasteiger partial charge on any atom is -0.478 e. The van der Waals surface area contributed by atoms with E-state index in [-0.39, 0.29) is 16.9 Å². The molecule has 92 valence electrons. The van der Waals surface area contributed by atoms with Crippen LogP contribution in [0.4, 0.5) is 5.69 Å². The van der Waals surface area contributed by atoms with E-state index in [0.717, 1.165) is 5.56 Å². The monoisotopic (exact) mass is 245 g/mol. The van der Waals surface area contributed by atoms with E-state index in [4.69, 9.17) is 5.11 Å². The Hall–Kier alpha value is -2.63. The van der Waals surface area contributed by atoms with Gasteiger partial charge in [-0.3, -0.25) is 4.79 Å². The van der Waals surface area contributed by atoms with Crippen molar-refractivity contribution < 1.29 is 14.7 Å². The number of hydrogen-bond acceptors (Lipinski definition) is 3. The number of aromatic carboxylic acids is 1. The van der Waals surface area contributed by atoms with Crippen LogP contribution >= 0.6 is 0 Å². The van der Waals surface area contributed by atoms with E-state index in [1.54, 1.807) is 19.1 Å². The van der Waals surface area contributed by atoms with E-state index < -0.39 is 11.9 Å². The van der Waals surface area contributed by atoms with E-state index >= 15 is 0 Å². The molecule has 0 spiro atoms. The van der Waals surface area contributed by atoms with Crippen molar-refractivity contribution in [2.45, 2.75) is 6.92 Å². The Morgan fingerprint density at radius 1 is 1.39 bits per heavy atom. The van der Waals surface area contributed by atoms with Crippen LogP contribution in [0.25, 0.3) is 0 Å². The van der Waals surface area contributed by atoms with Gasteiger partial charge in [-0.2, -0.15) is 0 Å². The lowest BCUT2D eigenvalue weighted by Gasteiger charge is -2.08. The van der Waals surface area contributed by atoms with Crippen LogP contribution in [0.3, 0.4) is 0 Å². The zero-order chi connectivity index (χ0) is 13.1. The lowest BCUT2D eigenvalue weighted by Crippen LogP contribution is -2.15. The fraction of sp³-hybridized carbons (Fsp3) is 0.0833. The van der Waals surface area contributed by atoms with Crippen molar-refractivity contribution in [3.63, 3.8) is 0 Å². The summed E-state index contributed by atoms with van der Waals surface area (Å²) in [5, 5.41) is 11.6. The summed E-state index contributed by atoms with van der Waals surface area (Å²) in [5.41, 5.74) is 1.40. The summed E-state index contributed by atoms with van der Waals surface area (Å²) in [7, 11) is 0. The summed E-state index contributed by atoms with van der Waals surface area (Å²) in [4.78, 5) is 29.2. The van der Waals surface area contributed by atoms with Crippen molar-refractivity contribution in [3.8, 4) is 0 Å². The van der Waals surface area contributed by atoms with Crippen molar-refractivity contribution in [1.82, 2.24) is 9.97 Å². The smallest absolute Gasteiger partial charge is 0.337 e. The third kappa shape index (κ3) is 2.37. The Kier molecular flexibility index (Phi) is 3.09. The van der Waals surface area contributed by atoms with Gasteiger partial charge < -0.3 is 15.4 Å². The van der Waals surface area contributed by atoms with Gasteiger partial charge in [0.25, 0.3) is 5.91 Å². The van der Waals surface area contributed by atoms with Crippen molar-refractivity contribution >= 4 is 17.6 Å². The number of imidazole rings is 1. The number of H-pyrrole nitrogens is 1. The van der Waals surface area contributed by atoms with E-state index in [9.17, 15) is 9.59 Å². The summed E-state index contributed by atoms with van der Waals surface area (Å²) >= 11 is 0. The molecule has 1 amide bonds. The Bertz CT molecular complexity index is 591. The van der Waals surface area contributed by atoms with Gasteiger partial charge in [-0.25, -0.2) is 9.78 Å². The highest BCUT2D eigenvalue weighted by Gasteiger charge is 2.14. The van der Waals surface area contributed by atoms with Crippen LogP contribution in [0.5, 0.6) is 0 Å². The Morgan fingerprint density at radius 3 is 2.78 bits per heavy atom. The molecule has 0 radical (unpaired) electrons. The first-order valence-corrected chi connectivity index (χ1v) is 5.21. The van der Waals surface area contributed by atoms with E-state index in [2.05, 4.69) is 15.3 Å². The van der Waals surface area contributed by atoms with Crippen molar-refractivity contribution in [3.05, 3.63) is 47.5 Å². The van der Waals surface area contributed by atoms with Gasteiger partial charge in [-0.1, -0.05) is 11.6 Å². The molecule has 1 aromatic heterocycles. The number of carbonyl (C=O) groups excluding carboxylic acids is 1. The average Bonchev–Trinajstić information content (AvgIpc) is 2.84. The Morgan fingerprint density at radius 2 is 2.17 bits per heavy atom. The van der Waals surface area contributed by atoms with Crippen molar-refractivity contribution in [2.75, 3.05) is 5.32 Å². The molecule has 0 aliphatic carbocycles. The van der Waals surface area contributed by atoms with Crippen LogP contribution < -0.4 is 5.32 Å². The molecule has 0 saturated heterocycles. The number of aromatic amines is 1. The van der Waals surface area contributed by atoms with Gasteiger partial charge in [-0.05, 0) is 19.1 Å². The summed E-state index contributed by atoms with van der Waals surface area (Å²) in [6.07, 6.45) is 2.74. The standard InChI is InChI=1S/C12H11N3O3/c1-7-2-3-9(8(4-7)12(17)18)15-11(16)10-5-13-6-14-10/h2-6H,1H3,(H,13,14)(H,15,16)(H,17,18). The molecule has 2 rings (SSSR count). The number of anilines is 1. The summed E-state index contributed by atoms with van der Waals surface area (Å²) < 4.78 is 0. The minimum atomic E-state index is -1.08. The zero-order valence-electron chi connectivity index (χ0n) is 9.60. The van der Waals surface area contributed by atoms with Crippen molar-refractivity contribution in [2.24, 2.45) is 0 Å². The predicted molar refractivity (Wildman–Crippen MR) is 64.7 cm³/mol. The fourth-order valence-corrected chi connectivity index (χ4v) is 1.51. The van der Waals surface area contributed by atoms with Crippen molar-refractivity contribution in [1.29, 1.82) is 0 Å². The molecule has 0 bridgehead atoms. The number of aromatic nitrogens is 2. The molecule has 1 aromatic carbocycles. The third-order valence-electron chi connectivity index (χ3n) is 2.40. The lowest BCUT2D eigenvalue weighted by molar-refractivity contribution is 0.0698. The minimum absolute atomic E-state index is 0.0582. The van der Waals surface area contributed by atoms with Crippen LogP contribution in [-0.2, 0) is 0 Å². The number of nitrogens with one attached hydrogen (secondary N) is 2. The maximum Gasteiger partial charge on any atom is 0.337 e. The average molecular weight is 245 g/mol.